The summed E-state index contributed by atoms with van der Waals surface area (Å²) in [6.45, 7) is -0.0990. The molecule has 0 saturated heterocycles. The standard InChI is InChI=1S/C24H21N3O5/c1-29-20-12-11-16(14-21(20)30-2)23-26-24(32-27-23)17-7-6-8-18(13-17)25-22(28)15-31-19-9-4-3-5-10-19/h3-14H,15H2,1-2H3,(H,25,28). The molecule has 0 spiro atoms. The van der Waals surface area contributed by atoms with Gasteiger partial charge in [-0.25, -0.2) is 0 Å². The molecule has 0 aliphatic heterocycles. The number of amides is 1. The van der Waals surface area contributed by atoms with Crippen LogP contribution in [-0.2, 0) is 4.79 Å². The Labute approximate surface area is 184 Å². The molecule has 0 saturated carbocycles. The first-order valence-corrected chi connectivity index (χ1v) is 9.80. The van der Waals surface area contributed by atoms with Gasteiger partial charge in [-0.05, 0) is 48.5 Å². The normalized spacial score (nSPS) is 10.4. The van der Waals surface area contributed by atoms with E-state index >= 15 is 0 Å². The molecule has 162 valence electrons. The lowest BCUT2D eigenvalue weighted by molar-refractivity contribution is -0.118. The van der Waals surface area contributed by atoms with Crippen LogP contribution in [0.2, 0.25) is 0 Å². The summed E-state index contributed by atoms with van der Waals surface area (Å²) in [6.07, 6.45) is 0. The monoisotopic (exact) mass is 431 g/mol. The summed E-state index contributed by atoms with van der Waals surface area (Å²) in [5, 5.41) is 6.86. The Morgan fingerprint density at radius 1 is 0.906 bits per heavy atom. The minimum Gasteiger partial charge on any atom is -0.493 e. The number of para-hydroxylation sites is 1. The molecular formula is C24H21N3O5. The highest BCUT2D eigenvalue weighted by Gasteiger charge is 2.14. The van der Waals surface area contributed by atoms with Crippen molar-refractivity contribution in [2.24, 2.45) is 0 Å². The van der Waals surface area contributed by atoms with Gasteiger partial charge in [0.05, 0.1) is 14.2 Å². The van der Waals surface area contributed by atoms with E-state index in [2.05, 4.69) is 15.5 Å². The third-order valence-corrected chi connectivity index (χ3v) is 4.57. The van der Waals surface area contributed by atoms with Crippen molar-refractivity contribution in [1.29, 1.82) is 0 Å². The molecule has 8 nitrogen and oxygen atoms in total. The molecule has 0 radical (unpaired) electrons. The van der Waals surface area contributed by atoms with E-state index < -0.39 is 0 Å². The van der Waals surface area contributed by atoms with Crippen LogP contribution in [0.15, 0.2) is 77.3 Å². The molecular weight excluding hydrogens is 410 g/mol. The number of carbonyl (C=O) groups excluding carboxylic acids is 1. The zero-order chi connectivity index (χ0) is 22.3. The van der Waals surface area contributed by atoms with E-state index in [-0.39, 0.29) is 12.5 Å². The van der Waals surface area contributed by atoms with Gasteiger partial charge in [0, 0.05) is 16.8 Å². The highest BCUT2D eigenvalue weighted by atomic mass is 16.5. The van der Waals surface area contributed by atoms with Crippen LogP contribution < -0.4 is 19.5 Å². The Kier molecular flexibility index (Phi) is 6.31. The van der Waals surface area contributed by atoms with Crippen molar-refractivity contribution < 1.29 is 23.5 Å². The number of hydrogen-bond acceptors (Lipinski definition) is 7. The lowest BCUT2D eigenvalue weighted by atomic mass is 10.2. The number of aromatic nitrogens is 2. The summed E-state index contributed by atoms with van der Waals surface area (Å²) in [5.41, 5.74) is 1.99. The van der Waals surface area contributed by atoms with Gasteiger partial charge in [-0.15, -0.1) is 0 Å². The maximum atomic E-state index is 12.2. The second kappa shape index (κ2) is 9.65. The third-order valence-electron chi connectivity index (χ3n) is 4.57. The van der Waals surface area contributed by atoms with E-state index in [0.717, 1.165) is 5.56 Å². The average molecular weight is 431 g/mol. The van der Waals surface area contributed by atoms with Crippen molar-refractivity contribution in [2.75, 3.05) is 26.1 Å². The zero-order valence-electron chi connectivity index (χ0n) is 17.6. The number of carbonyl (C=O) groups is 1. The fourth-order valence-corrected chi connectivity index (χ4v) is 3.03. The Hall–Kier alpha value is -4.33. The second-order valence-electron chi connectivity index (χ2n) is 6.72. The smallest absolute Gasteiger partial charge is 0.262 e. The van der Waals surface area contributed by atoms with Crippen LogP contribution in [-0.4, -0.2) is 36.9 Å². The van der Waals surface area contributed by atoms with Gasteiger partial charge in [0.2, 0.25) is 5.82 Å². The predicted molar refractivity (Wildman–Crippen MR) is 119 cm³/mol. The zero-order valence-corrected chi connectivity index (χ0v) is 17.6. The van der Waals surface area contributed by atoms with Gasteiger partial charge in [0.1, 0.15) is 5.75 Å². The molecule has 3 aromatic carbocycles. The molecule has 1 N–H and O–H groups in total. The lowest BCUT2D eigenvalue weighted by Gasteiger charge is -2.08. The number of methoxy groups -OCH3 is 2. The first kappa shape index (κ1) is 20.9. The first-order valence-electron chi connectivity index (χ1n) is 9.80. The average Bonchev–Trinajstić information content (AvgIpc) is 3.33. The van der Waals surface area contributed by atoms with Crippen LogP contribution in [0.3, 0.4) is 0 Å². The molecule has 0 aliphatic carbocycles. The molecule has 0 atom stereocenters. The number of nitrogens with one attached hydrogen (secondary N) is 1. The van der Waals surface area contributed by atoms with Crippen LogP contribution in [0, 0.1) is 0 Å². The molecule has 0 fully saturated rings. The molecule has 1 amide bonds. The van der Waals surface area contributed by atoms with Crippen molar-refractivity contribution >= 4 is 11.6 Å². The highest BCUT2D eigenvalue weighted by molar-refractivity contribution is 5.92. The molecule has 32 heavy (non-hydrogen) atoms. The maximum Gasteiger partial charge on any atom is 0.262 e. The number of benzene rings is 3. The van der Waals surface area contributed by atoms with Gasteiger partial charge in [-0.1, -0.05) is 29.4 Å². The molecule has 8 heteroatoms. The fourth-order valence-electron chi connectivity index (χ4n) is 3.03. The Balaban J connectivity index is 1.46. The summed E-state index contributed by atoms with van der Waals surface area (Å²) in [7, 11) is 3.14. The largest absolute Gasteiger partial charge is 0.493 e. The van der Waals surface area contributed by atoms with Crippen molar-refractivity contribution in [3.63, 3.8) is 0 Å². The van der Waals surface area contributed by atoms with Gasteiger partial charge in [0.15, 0.2) is 18.1 Å². The molecule has 0 aliphatic rings. The topological polar surface area (TPSA) is 95.7 Å². The SMILES string of the molecule is COc1ccc(-c2noc(-c3cccc(NC(=O)COc4ccccc4)c3)n2)cc1OC. The van der Waals surface area contributed by atoms with E-state index in [1.807, 2.05) is 30.3 Å². The van der Waals surface area contributed by atoms with Crippen LogP contribution in [0.4, 0.5) is 5.69 Å². The summed E-state index contributed by atoms with van der Waals surface area (Å²) in [6, 6.07) is 21.7. The summed E-state index contributed by atoms with van der Waals surface area (Å²) in [5.74, 6) is 2.27. The van der Waals surface area contributed by atoms with E-state index in [1.165, 1.54) is 0 Å². The van der Waals surface area contributed by atoms with Gasteiger partial charge in [0.25, 0.3) is 11.8 Å². The minimum absolute atomic E-state index is 0.0990. The minimum atomic E-state index is -0.275. The Morgan fingerprint density at radius 2 is 1.72 bits per heavy atom. The van der Waals surface area contributed by atoms with Crippen molar-refractivity contribution in [3.8, 4) is 40.1 Å². The van der Waals surface area contributed by atoms with Crippen LogP contribution in [0.5, 0.6) is 17.2 Å². The number of rotatable bonds is 8. The number of anilines is 1. The van der Waals surface area contributed by atoms with Crippen molar-refractivity contribution in [1.82, 2.24) is 10.1 Å². The third kappa shape index (κ3) is 4.86. The molecule has 4 aromatic rings. The van der Waals surface area contributed by atoms with E-state index in [0.29, 0.717) is 40.2 Å². The summed E-state index contributed by atoms with van der Waals surface area (Å²) in [4.78, 5) is 16.7. The predicted octanol–water partition coefficient (Wildman–Crippen LogP) is 4.44. The molecule has 0 bridgehead atoms. The summed E-state index contributed by atoms with van der Waals surface area (Å²) < 4.78 is 21.5. The van der Waals surface area contributed by atoms with Gasteiger partial charge in [-0.3, -0.25) is 4.79 Å². The van der Waals surface area contributed by atoms with Gasteiger partial charge in [-0.2, -0.15) is 4.98 Å². The first-order chi connectivity index (χ1) is 15.7. The van der Waals surface area contributed by atoms with Gasteiger partial charge >= 0.3 is 0 Å². The van der Waals surface area contributed by atoms with Crippen LogP contribution in [0.1, 0.15) is 0 Å². The molecule has 1 aromatic heterocycles. The van der Waals surface area contributed by atoms with E-state index in [9.17, 15) is 4.79 Å². The Morgan fingerprint density at radius 3 is 2.50 bits per heavy atom. The maximum absolute atomic E-state index is 12.2. The number of hydrogen-bond donors (Lipinski definition) is 1. The number of nitrogens with zero attached hydrogens (tertiary/aromatic N) is 2. The van der Waals surface area contributed by atoms with Crippen LogP contribution >= 0.6 is 0 Å². The quantitative estimate of drug-likeness (QED) is 0.441. The lowest BCUT2D eigenvalue weighted by Crippen LogP contribution is -2.20. The van der Waals surface area contributed by atoms with Crippen molar-refractivity contribution in [2.45, 2.75) is 0 Å². The van der Waals surface area contributed by atoms with Crippen molar-refractivity contribution in [3.05, 3.63) is 72.8 Å². The summed E-state index contributed by atoms with van der Waals surface area (Å²) >= 11 is 0. The molecule has 1 heterocycles. The van der Waals surface area contributed by atoms with E-state index in [4.69, 9.17) is 18.7 Å². The Bertz CT molecular complexity index is 1210. The highest BCUT2D eigenvalue weighted by Crippen LogP contribution is 2.32. The van der Waals surface area contributed by atoms with Gasteiger partial charge < -0.3 is 24.1 Å². The molecule has 0 unspecified atom stereocenters. The van der Waals surface area contributed by atoms with Crippen LogP contribution in [0.25, 0.3) is 22.8 Å². The fraction of sp³-hybridized carbons (Fsp3) is 0.125. The molecule has 4 rings (SSSR count). The second-order valence-corrected chi connectivity index (χ2v) is 6.72. The van der Waals surface area contributed by atoms with E-state index in [1.54, 1.807) is 56.7 Å². The number of ether oxygens (including phenoxy) is 3.